The zero-order valence-electron chi connectivity index (χ0n) is 16.6. The van der Waals surface area contributed by atoms with Gasteiger partial charge in [0.15, 0.2) is 0 Å². The van der Waals surface area contributed by atoms with Gasteiger partial charge in [-0.15, -0.1) is 12.4 Å². The van der Waals surface area contributed by atoms with Gasteiger partial charge in [0.1, 0.15) is 0 Å². The van der Waals surface area contributed by atoms with Gasteiger partial charge in [-0.1, -0.05) is 6.07 Å². The Morgan fingerprint density at radius 2 is 1.67 bits per heavy atom. The first-order chi connectivity index (χ1) is 13.7. The number of amides is 2. The normalized spacial score (nSPS) is 11.7. The maximum absolute atomic E-state index is 11.8. The Morgan fingerprint density at radius 3 is 2.03 bits per heavy atom. The standard InChI is InChI=1S/C12H22AsN3O6S.C5H5N.ClH/c1-13(2)16-7(12(21)22)3-4-9(17)15-8(6-23)11(20)14-5-10(18)19;1-2-4-6-5-3-1;/h7-8,16,23H,3-6H2,1-2H3,(H,14,20)(H,15,17)(H,18,19)(H,21,22);1-5H;1H/t7-,8-;;/m0../s1. The second kappa shape index (κ2) is 18.0. The molecule has 170 valence electrons. The summed E-state index contributed by atoms with van der Waals surface area (Å²) in [5.41, 5.74) is 3.87. The largest absolute Gasteiger partial charge is 0.265 e. The Balaban J connectivity index is 0. The molecule has 2 amide bonds. The molecule has 0 bridgehead atoms. The van der Waals surface area contributed by atoms with Crippen molar-refractivity contribution >= 4 is 63.7 Å². The van der Waals surface area contributed by atoms with E-state index in [1.807, 2.05) is 29.6 Å². The second-order valence-electron chi connectivity index (χ2n) is 5.89. The summed E-state index contributed by atoms with van der Waals surface area (Å²) in [6.45, 7) is -0.552. The van der Waals surface area contributed by atoms with E-state index >= 15 is 0 Å². The molecule has 0 saturated heterocycles. The van der Waals surface area contributed by atoms with Gasteiger partial charge in [0.05, 0.1) is 0 Å². The maximum Gasteiger partial charge on any atom is 0.0267 e. The first kappa shape index (κ1) is 30.4. The van der Waals surface area contributed by atoms with Crippen LogP contribution in [-0.4, -0.2) is 78.2 Å². The first-order valence-electron chi connectivity index (χ1n) is 8.58. The summed E-state index contributed by atoms with van der Waals surface area (Å²) >= 11 is 2.56. The minimum absolute atomic E-state index is 0. The molecule has 5 N–H and O–H groups in total. The van der Waals surface area contributed by atoms with E-state index < -0.39 is 57.3 Å². The van der Waals surface area contributed by atoms with E-state index in [1.165, 1.54) is 0 Å². The van der Waals surface area contributed by atoms with Gasteiger partial charge in [-0.25, -0.2) is 0 Å². The number of nitrogens with one attached hydrogen (secondary N) is 3. The molecule has 1 rings (SSSR count). The van der Waals surface area contributed by atoms with E-state index in [9.17, 15) is 19.2 Å². The molecule has 1 aromatic heterocycles. The van der Waals surface area contributed by atoms with E-state index in [4.69, 9.17) is 10.2 Å². The summed E-state index contributed by atoms with van der Waals surface area (Å²) in [6, 6.07) is 3.94. The predicted octanol–water partition coefficient (Wildman–Crippen LogP) is 0.179. The van der Waals surface area contributed by atoms with Gasteiger partial charge in [-0.2, -0.15) is 0 Å². The molecule has 0 unspecified atom stereocenters. The van der Waals surface area contributed by atoms with E-state index in [0.29, 0.717) is 0 Å². The number of rotatable bonds is 11. The summed E-state index contributed by atoms with van der Waals surface area (Å²) < 4.78 is 2.96. The number of carbonyl (C=O) groups is 4. The second-order valence-corrected chi connectivity index (χ2v) is 10.6. The third kappa shape index (κ3) is 16.0. The zero-order valence-corrected chi connectivity index (χ0v) is 20.2. The fourth-order valence-electron chi connectivity index (χ4n) is 1.89. The van der Waals surface area contributed by atoms with E-state index in [-0.39, 0.29) is 31.0 Å². The molecule has 2 atom stereocenters. The molecule has 1 aromatic rings. The van der Waals surface area contributed by atoms with Crippen LogP contribution in [0.4, 0.5) is 0 Å². The van der Waals surface area contributed by atoms with Crippen LogP contribution < -0.4 is 14.9 Å². The first-order valence-corrected chi connectivity index (χ1v) is 13.9. The fourth-order valence-corrected chi connectivity index (χ4v) is 3.96. The van der Waals surface area contributed by atoms with E-state index in [2.05, 4.69) is 32.5 Å². The number of carboxylic acids is 2. The molecule has 0 aromatic carbocycles. The van der Waals surface area contributed by atoms with Crippen molar-refractivity contribution in [3.05, 3.63) is 30.6 Å². The number of hydrogen-bond donors (Lipinski definition) is 6. The van der Waals surface area contributed by atoms with Crippen molar-refractivity contribution in [2.45, 2.75) is 36.3 Å². The third-order valence-corrected chi connectivity index (χ3v) is 5.29. The minimum Gasteiger partial charge on any atom is -0.265 e. The molecule has 13 heteroatoms. The molecule has 0 spiro atoms. The van der Waals surface area contributed by atoms with Crippen LogP contribution in [0.5, 0.6) is 0 Å². The van der Waals surface area contributed by atoms with Crippen LogP contribution in [0.2, 0.25) is 11.4 Å². The molecule has 1 heterocycles. The van der Waals surface area contributed by atoms with Crippen molar-refractivity contribution < 1.29 is 29.4 Å². The molecule has 0 radical (unpaired) electrons. The maximum atomic E-state index is 11.8. The van der Waals surface area contributed by atoms with Gasteiger partial charge in [-0.05, 0) is 12.1 Å². The Morgan fingerprint density at radius 1 is 1.07 bits per heavy atom. The fraction of sp³-hybridized carbons (Fsp3) is 0.471. The van der Waals surface area contributed by atoms with Crippen LogP contribution in [0.3, 0.4) is 0 Å². The van der Waals surface area contributed by atoms with Crippen LogP contribution in [-0.2, 0) is 19.2 Å². The minimum atomic E-state index is -1.38. The van der Waals surface area contributed by atoms with Gasteiger partial charge in [-0.3, -0.25) is 4.98 Å². The topological polar surface area (TPSA) is 158 Å². The van der Waals surface area contributed by atoms with Crippen LogP contribution in [0.15, 0.2) is 30.6 Å². The van der Waals surface area contributed by atoms with E-state index in [0.717, 1.165) is 0 Å². The number of carbonyl (C=O) groups excluding carboxylic acids is 2. The van der Waals surface area contributed by atoms with Gasteiger partial charge in [0.2, 0.25) is 0 Å². The van der Waals surface area contributed by atoms with Crippen molar-refractivity contribution in [3.8, 4) is 0 Å². The molecule has 0 aliphatic carbocycles. The number of pyridine rings is 1. The van der Waals surface area contributed by atoms with Crippen molar-refractivity contribution in [2.24, 2.45) is 0 Å². The van der Waals surface area contributed by atoms with Gasteiger partial charge >= 0.3 is 144 Å². The number of thiol groups is 1. The van der Waals surface area contributed by atoms with Crippen molar-refractivity contribution in [1.29, 1.82) is 0 Å². The smallest absolute Gasteiger partial charge is 0.0267 e. The van der Waals surface area contributed by atoms with Crippen LogP contribution in [0.1, 0.15) is 12.8 Å². The summed E-state index contributed by atoms with van der Waals surface area (Å²) in [6.07, 6.45) is 3.53. The molecule has 0 aliphatic heterocycles. The number of aromatic nitrogens is 1. The number of halogens is 1. The summed E-state index contributed by atoms with van der Waals surface area (Å²) in [5.74, 6) is -3.37. The number of aliphatic carboxylic acids is 2. The Bertz CT molecular complexity index is 630. The van der Waals surface area contributed by atoms with Crippen LogP contribution >= 0.6 is 25.0 Å². The molecular weight excluding hydrogens is 499 g/mol. The molecular formula is C17H28AsClN4O6S. The molecule has 30 heavy (non-hydrogen) atoms. The summed E-state index contributed by atoms with van der Waals surface area (Å²) in [5, 5.41) is 22.1. The number of carboxylic acid groups (broad SMARTS) is 2. The quantitative estimate of drug-likeness (QED) is 0.176. The predicted molar refractivity (Wildman–Crippen MR) is 119 cm³/mol. The third-order valence-electron chi connectivity index (χ3n) is 3.19. The van der Waals surface area contributed by atoms with Gasteiger partial charge in [0, 0.05) is 12.4 Å². The van der Waals surface area contributed by atoms with Gasteiger partial charge < -0.3 is 0 Å². The average molecular weight is 527 g/mol. The zero-order chi connectivity index (χ0) is 22.2. The van der Waals surface area contributed by atoms with Crippen LogP contribution in [0, 0.1) is 0 Å². The van der Waals surface area contributed by atoms with Crippen molar-refractivity contribution in [2.75, 3.05) is 12.3 Å². The number of hydrogen-bond acceptors (Lipinski definition) is 7. The Labute approximate surface area is 191 Å². The SMILES string of the molecule is C[As](C)N[C@@H](CCC(=O)N[C@@H](CS)C(=O)NCC(=O)O)C(=O)O.Cl.c1ccncc1. The molecule has 0 fully saturated rings. The average Bonchev–Trinajstić information content (AvgIpc) is 2.68. The molecule has 0 saturated carbocycles. The Hall–Kier alpha value is -1.81. The Kier molecular flexibility index (Phi) is 18.2. The van der Waals surface area contributed by atoms with Crippen LogP contribution in [0.25, 0.3) is 0 Å². The van der Waals surface area contributed by atoms with E-state index in [1.54, 1.807) is 12.4 Å². The summed E-state index contributed by atoms with van der Waals surface area (Å²) in [4.78, 5) is 48.7. The number of nitrogens with zero attached hydrogens (tertiary/aromatic N) is 1. The van der Waals surface area contributed by atoms with Gasteiger partial charge in [0.25, 0.3) is 0 Å². The summed E-state index contributed by atoms with van der Waals surface area (Å²) in [7, 11) is 0. The van der Waals surface area contributed by atoms with Crippen molar-refractivity contribution in [3.63, 3.8) is 0 Å². The monoisotopic (exact) mass is 526 g/mol. The molecule has 0 aliphatic rings. The molecule has 10 nitrogen and oxygen atoms in total. The van der Waals surface area contributed by atoms with Crippen molar-refractivity contribution in [1.82, 2.24) is 19.9 Å².